The predicted molar refractivity (Wildman–Crippen MR) is 48.8 cm³/mol. The van der Waals surface area contributed by atoms with Gasteiger partial charge in [0.1, 0.15) is 0 Å². The lowest BCUT2D eigenvalue weighted by Gasteiger charge is -2.01. The normalized spacial score (nSPS) is 14.2. The average molecular weight is 166 g/mol. The molecule has 0 atom stereocenters. The van der Waals surface area contributed by atoms with Gasteiger partial charge in [0.05, 0.1) is 0 Å². The van der Waals surface area contributed by atoms with Crippen LogP contribution in [0.3, 0.4) is 0 Å². The first kappa shape index (κ1) is 5.36. The van der Waals surface area contributed by atoms with Crippen molar-refractivity contribution in [1.29, 1.82) is 0 Å². The first-order valence-electron chi connectivity index (χ1n) is 5.32. The Kier molecular flexibility index (Phi) is 2.03. The van der Waals surface area contributed by atoms with E-state index in [0.29, 0.717) is 13.0 Å². The van der Waals surface area contributed by atoms with Gasteiger partial charge in [-0.15, -0.1) is 0 Å². The van der Waals surface area contributed by atoms with Gasteiger partial charge in [-0.3, -0.25) is 4.79 Å². The average Bonchev–Trinajstić information content (AvgIpc) is 2.18. The van der Waals surface area contributed by atoms with Crippen LogP contribution in [0, 0.1) is 0 Å². The maximum atomic E-state index is 11.0. The van der Waals surface area contributed by atoms with Crippen LogP contribution in [-0.4, -0.2) is 12.5 Å². The third-order valence-corrected chi connectivity index (χ3v) is 1.54. The van der Waals surface area contributed by atoms with Gasteiger partial charge in [0.2, 0.25) is 5.91 Å². The van der Waals surface area contributed by atoms with Crippen LogP contribution in [0.15, 0.2) is 30.3 Å². The molecule has 0 aliphatic heterocycles. The molecule has 2 nitrogen and oxygen atoms in total. The largest absolute Gasteiger partial charge is 0.356 e. The van der Waals surface area contributed by atoms with Crippen molar-refractivity contribution >= 4 is 5.91 Å². The van der Waals surface area contributed by atoms with Gasteiger partial charge in [0.25, 0.3) is 0 Å². The van der Waals surface area contributed by atoms with Crippen molar-refractivity contribution in [2.24, 2.45) is 0 Å². The van der Waals surface area contributed by atoms with Crippen molar-refractivity contribution in [3.63, 3.8) is 0 Å². The molecule has 0 unspecified atom stereocenters. The van der Waals surface area contributed by atoms with E-state index >= 15 is 0 Å². The summed E-state index contributed by atoms with van der Waals surface area (Å²) in [6.07, 6.45) is 0.642. The summed E-state index contributed by atoms with van der Waals surface area (Å²) in [5.74, 6) is -0.890. The highest BCUT2D eigenvalue weighted by molar-refractivity contribution is 5.72. The number of amides is 1. The molecule has 64 valence electrons. The van der Waals surface area contributed by atoms with E-state index in [4.69, 9.17) is 4.11 Å². The van der Waals surface area contributed by atoms with Crippen molar-refractivity contribution < 1.29 is 8.91 Å². The second-order valence-electron chi connectivity index (χ2n) is 2.49. The quantitative estimate of drug-likeness (QED) is 0.721. The molecule has 0 aromatic heterocycles. The van der Waals surface area contributed by atoms with Crippen LogP contribution in [0.5, 0.6) is 0 Å². The lowest BCUT2D eigenvalue weighted by molar-refractivity contribution is -0.118. The minimum absolute atomic E-state index is 0.348. The molecule has 0 bridgehead atoms. The summed E-state index contributed by atoms with van der Waals surface area (Å²) in [5, 5.41) is 2.37. The van der Waals surface area contributed by atoms with Crippen molar-refractivity contribution in [2.75, 3.05) is 6.54 Å². The van der Waals surface area contributed by atoms with E-state index in [1.165, 1.54) is 0 Å². The Morgan fingerprint density at radius 3 is 2.92 bits per heavy atom. The molecule has 0 saturated carbocycles. The smallest absolute Gasteiger partial charge is 0.216 e. The molecule has 0 heterocycles. The van der Waals surface area contributed by atoms with Gasteiger partial charge in [-0.2, -0.15) is 0 Å². The Morgan fingerprint density at radius 2 is 2.25 bits per heavy atom. The minimum Gasteiger partial charge on any atom is -0.356 e. The molecule has 0 spiro atoms. The zero-order valence-electron chi connectivity index (χ0n) is 9.71. The van der Waals surface area contributed by atoms with Gasteiger partial charge in [0, 0.05) is 17.5 Å². The Labute approximate surface area is 76.8 Å². The Morgan fingerprint density at radius 1 is 1.50 bits per heavy atom. The summed E-state index contributed by atoms with van der Waals surface area (Å²) >= 11 is 0. The number of nitrogens with one attached hydrogen (secondary N) is 1. The van der Waals surface area contributed by atoms with Crippen LogP contribution >= 0.6 is 0 Å². The molecule has 0 saturated heterocycles. The molecule has 1 N–H and O–H groups in total. The van der Waals surface area contributed by atoms with Crippen LogP contribution in [-0.2, 0) is 11.2 Å². The fraction of sp³-hybridized carbons (Fsp3) is 0.300. The van der Waals surface area contributed by atoms with Gasteiger partial charge < -0.3 is 5.32 Å². The van der Waals surface area contributed by atoms with Gasteiger partial charge >= 0.3 is 0 Å². The van der Waals surface area contributed by atoms with Crippen molar-refractivity contribution in [1.82, 2.24) is 5.32 Å². The maximum Gasteiger partial charge on any atom is 0.216 e. The monoisotopic (exact) mass is 166 g/mol. The van der Waals surface area contributed by atoms with E-state index in [2.05, 4.69) is 5.32 Å². The SMILES string of the molecule is [2H]C([2H])([2H])C(=O)NCCc1ccccc1. The van der Waals surface area contributed by atoms with Crippen molar-refractivity contribution in [2.45, 2.75) is 13.3 Å². The van der Waals surface area contributed by atoms with E-state index in [1.807, 2.05) is 30.3 Å². The van der Waals surface area contributed by atoms with Crippen LogP contribution in [0.1, 0.15) is 16.5 Å². The molecule has 1 aromatic rings. The molecular formula is C10H13NO. The van der Waals surface area contributed by atoms with Crippen molar-refractivity contribution in [3.8, 4) is 0 Å². The molecule has 0 aliphatic carbocycles. The molecule has 2 heteroatoms. The fourth-order valence-electron chi connectivity index (χ4n) is 0.965. The highest BCUT2D eigenvalue weighted by Crippen LogP contribution is 1.97. The third kappa shape index (κ3) is 3.19. The summed E-state index contributed by atoms with van der Waals surface area (Å²) in [6, 6.07) is 9.58. The van der Waals surface area contributed by atoms with Gasteiger partial charge in [-0.05, 0) is 12.0 Å². The van der Waals surface area contributed by atoms with Gasteiger partial charge in [-0.1, -0.05) is 30.3 Å². The second-order valence-corrected chi connectivity index (χ2v) is 2.49. The summed E-state index contributed by atoms with van der Waals surface area (Å²) in [7, 11) is 0. The zero-order chi connectivity index (χ0) is 11.3. The Balaban J connectivity index is 2.32. The van der Waals surface area contributed by atoms with Crippen LogP contribution in [0.25, 0.3) is 0 Å². The molecule has 1 rings (SSSR count). The fourth-order valence-corrected chi connectivity index (χ4v) is 0.965. The van der Waals surface area contributed by atoms with E-state index in [0.717, 1.165) is 5.56 Å². The molecule has 1 amide bonds. The number of rotatable bonds is 3. The Hall–Kier alpha value is -1.31. The van der Waals surface area contributed by atoms with Crippen LogP contribution in [0.2, 0.25) is 0 Å². The first-order valence-corrected chi connectivity index (χ1v) is 3.82. The molecule has 0 fully saturated rings. The molecule has 0 aliphatic rings. The standard InChI is InChI=1S/C10H13NO/c1-9(12)11-8-7-10-5-3-2-4-6-10/h2-6H,7-8H2,1H3,(H,11,12)/i1D3. The summed E-state index contributed by atoms with van der Waals surface area (Å²) < 4.78 is 20.5. The maximum absolute atomic E-state index is 11.0. The summed E-state index contributed by atoms with van der Waals surface area (Å²) in [5.41, 5.74) is 1.07. The topological polar surface area (TPSA) is 29.1 Å². The number of carbonyl (C=O) groups excluding carboxylic acids is 1. The van der Waals surface area contributed by atoms with E-state index < -0.39 is 12.8 Å². The molecule has 12 heavy (non-hydrogen) atoms. The number of hydrogen-bond acceptors (Lipinski definition) is 1. The van der Waals surface area contributed by atoms with Crippen LogP contribution in [0.4, 0.5) is 0 Å². The van der Waals surface area contributed by atoms with Gasteiger partial charge in [0.15, 0.2) is 0 Å². The van der Waals surface area contributed by atoms with Crippen LogP contribution < -0.4 is 5.32 Å². The first-order chi connectivity index (χ1) is 7.00. The van der Waals surface area contributed by atoms with E-state index in [9.17, 15) is 4.79 Å². The van der Waals surface area contributed by atoms with Gasteiger partial charge in [-0.25, -0.2) is 0 Å². The lowest BCUT2D eigenvalue weighted by atomic mass is 10.1. The second kappa shape index (κ2) is 4.54. The lowest BCUT2D eigenvalue weighted by Crippen LogP contribution is -2.22. The highest BCUT2D eigenvalue weighted by Gasteiger charge is 1.92. The zero-order valence-corrected chi connectivity index (χ0v) is 6.71. The Bertz CT molecular complexity index is 321. The molecular weight excluding hydrogens is 150 g/mol. The third-order valence-electron chi connectivity index (χ3n) is 1.54. The van der Waals surface area contributed by atoms with E-state index in [1.54, 1.807) is 0 Å². The van der Waals surface area contributed by atoms with Crippen molar-refractivity contribution in [3.05, 3.63) is 35.9 Å². The number of hydrogen-bond donors (Lipinski definition) is 1. The molecule has 1 aromatic carbocycles. The van der Waals surface area contributed by atoms with E-state index in [-0.39, 0.29) is 0 Å². The number of benzene rings is 1. The summed E-state index contributed by atoms with van der Waals surface area (Å²) in [6.45, 7) is -2.20. The highest BCUT2D eigenvalue weighted by atomic mass is 16.1. The number of carbonyl (C=O) groups is 1. The molecule has 0 radical (unpaired) electrons. The summed E-state index contributed by atoms with van der Waals surface area (Å²) in [4.78, 5) is 11.0. The predicted octanol–water partition coefficient (Wildman–Crippen LogP) is 1.37. The minimum atomic E-state index is -2.54.